The van der Waals surface area contributed by atoms with E-state index < -0.39 is 28.7 Å². The van der Waals surface area contributed by atoms with E-state index in [1.165, 1.54) is 12.3 Å². The molecule has 6 rings (SSSR count). The molecule has 17 heteroatoms. The number of alkyl halides is 3. The lowest BCUT2D eigenvalue weighted by Gasteiger charge is -2.34. The number of piperazine rings is 1. The molecule has 0 spiro atoms. The second-order valence-electron chi connectivity index (χ2n) is 15.2. The number of carbonyl (C=O) groups is 4. The van der Waals surface area contributed by atoms with Crippen molar-refractivity contribution in [1.29, 1.82) is 5.26 Å². The number of carbonyl (C=O) groups excluding carboxylic acids is 4. The number of nitrogens with zero attached hydrogens (tertiary/aromatic N) is 6. The van der Waals surface area contributed by atoms with Crippen molar-refractivity contribution in [3.05, 3.63) is 81.5 Å². The molecule has 3 saturated heterocycles. The topological polar surface area (TPSA) is 139 Å². The van der Waals surface area contributed by atoms with Gasteiger partial charge in [0.2, 0.25) is 17.7 Å². The molecule has 2 aromatic carbocycles. The summed E-state index contributed by atoms with van der Waals surface area (Å²) in [5, 5.41) is 12.1. The number of piperidine rings is 1. The molecule has 3 aliphatic rings. The summed E-state index contributed by atoms with van der Waals surface area (Å²) in [5.74, 6) is -0.898. The Kier molecular flexibility index (Phi) is 12.9. The van der Waals surface area contributed by atoms with Crippen LogP contribution in [0.4, 0.5) is 24.5 Å². The molecular weight excluding hydrogens is 795 g/mol. The summed E-state index contributed by atoms with van der Waals surface area (Å²) < 4.78 is 47.4. The zero-order valence-electron chi connectivity index (χ0n) is 32.3. The fraction of sp³-hybridized carbons (Fsp3) is 0.439. The average molecular weight is 838 g/mol. The first kappa shape index (κ1) is 42.7. The molecule has 306 valence electrons. The van der Waals surface area contributed by atoms with Gasteiger partial charge in [0.1, 0.15) is 12.1 Å². The van der Waals surface area contributed by atoms with Gasteiger partial charge in [-0.3, -0.25) is 39.2 Å². The van der Waals surface area contributed by atoms with Crippen molar-refractivity contribution in [2.45, 2.75) is 64.6 Å². The van der Waals surface area contributed by atoms with E-state index in [-0.39, 0.29) is 40.7 Å². The number of amides is 3. The van der Waals surface area contributed by atoms with Crippen molar-refractivity contribution in [3.8, 4) is 11.9 Å². The number of nitrogens with one attached hydrogen (secondary N) is 1. The van der Waals surface area contributed by atoms with E-state index >= 15 is 0 Å². The van der Waals surface area contributed by atoms with Crippen molar-refractivity contribution in [1.82, 2.24) is 20.1 Å². The van der Waals surface area contributed by atoms with Crippen LogP contribution >= 0.6 is 23.8 Å². The number of aromatic nitrogens is 1. The molecule has 58 heavy (non-hydrogen) atoms. The van der Waals surface area contributed by atoms with Crippen LogP contribution in [0.15, 0.2) is 48.7 Å². The SMILES string of the molecule is CCc1cc(N2C(=S)N(c3ccc(C#N)c(C(F)(F)F)c3)C(=O)C2(C)C)cnc1OCCN1CCN(CC(=O)Cc2cc(Cl)cc(CC3CCC(=O)NC3=O)c2)CC1. The van der Waals surface area contributed by atoms with Crippen molar-refractivity contribution in [2.24, 2.45) is 5.92 Å². The first-order valence-electron chi connectivity index (χ1n) is 19.0. The second-order valence-corrected chi connectivity index (χ2v) is 16.0. The number of aryl methyl sites for hydroxylation is 1. The Morgan fingerprint density at radius 1 is 1.05 bits per heavy atom. The largest absolute Gasteiger partial charge is 0.476 e. The predicted octanol–water partition coefficient (Wildman–Crippen LogP) is 5.51. The van der Waals surface area contributed by atoms with Crippen molar-refractivity contribution >= 4 is 63.8 Å². The van der Waals surface area contributed by atoms with Crippen LogP contribution in [0.2, 0.25) is 5.02 Å². The monoisotopic (exact) mass is 837 g/mol. The van der Waals surface area contributed by atoms with Gasteiger partial charge in [-0.05, 0) is 92.9 Å². The minimum absolute atomic E-state index is 0.0215. The van der Waals surface area contributed by atoms with Gasteiger partial charge in [-0.2, -0.15) is 18.4 Å². The zero-order valence-corrected chi connectivity index (χ0v) is 33.9. The molecule has 4 heterocycles. The van der Waals surface area contributed by atoms with Gasteiger partial charge in [0.25, 0.3) is 5.91 Å². The second kappa shape index (κ2) is 17.5. The molecule has 3 aromatic rings. The highest BCUT2D eigenvalue weighted by Crippen LogP contribution is 2.40. The standard InChI is InChI=1S/C41H43ClF3N7O5S/c1-4-27-20-32(52-39(58)51(38(56)40(52,2)3)31-7-5-29(22-46)34(21-31)41(43,44)45)23-47-37(27)57-14-13-49-9-11-50(12-10-49)24-33(53)19-26-15-25(17-30(42)18-26)16-28-6-8-35(54)48-36(28)55/h5,7,15,17-18,20-21,23,28H,4,6,8-14,16,19,24H2,1-3H3,(H,48,54,55). The lowest BCUT2D eigenvalue weighted by molar-refractivity contribution is -0.138. The molecule has 3 aliphatic heterocycles. The molecule has 1 atom stereocenters. The van der Waals surface area contributed by atoms with Gasteiger partial charge in [-0.1, -0.05) is 24.6 Å². The number of benzene rings is 2. The first-order valence-corrected chi connectivity index (χ1v) is 19.8. The maximum Gasteiger partial charge on any atom is 0.417 e. The summed E-state index contributed by atoms with van der Waals surface area (Å²) in [6.45, 7) is 9.37. The number of pyridine rings is 1. The highest BCUT2D eigenvalue weighted by molar-refractivity contribution is 7.81. The molecule has 1 aromatic heterocycles. The molecule has 3 amide bonds. The van der Waals surface area contributed by atoms with E-state index in [1.807, 2.05) is 19.1 Å². The van der Waals surface area contributed by atoms with Gasteiger partial charge >= 0.3 is 6.18 Å². The number of hydrogen-bond donors (Lipinski definition) is 1. The summed E-state index contributed by atoms with van der Waals surface area (Å²) in [5.41, 5.74) is -0.183. The number of thiocarbonyl (C=S) groups is 1. The smallest absolute Gasteiger partial charge is 0.417 e. The van der Waals surface area contributed by atoms with Gasteiger partial charge in [0.15, 0.2) is 10.9 Å². The Hall–Kier alpha value is -4.95. The Morgan fingerprint density at radius 3 is 2.43 bits per heavy atom. The fourth-order valence-electron chi connectivity index (χ4n) is 7.58. The van der Waals surface area contributed by atoms with Gasteiger partial charge in [0, 0.05) is 62.1 Å². The van der Waals surface area contributed by atoms with Gasteiger partial charge in [0.05, 0.1) is 41.3 Å². The predicted molar refractivity (Wildman–Crippen MR) is 215 cm³/mol. The van der Waals surface area contributed by atoms with Crippen molar-refractivity contribution in [3.63, 3.8) is 0 Å². The third kappa shape index (κ3) is 9.50. The third-order valence-corrected chi connectivity index (χ3v) is 11.3. The number of rotatable bonds is 13. The highest BCUT2D eigenvalue weighted by atomic mass is 35.5. The molecule has 0 bridgehead atoms. The number of nitriles is 1. The minimum atomic E-state index is -4.80. The van der Waals surface area contributed by atoms with Crippen molar-refractivity contribution < 1.29 is 37.1 Å². The number of hydrogen-bond acceptors (Lipinski definition) is 10. The number of imide groups is 1. The molecular formula is C41H43ClF3N7O5S. The third-order valence-electron chi connectivity index (χ3n) is 10.7. The van der Waals surface area contributed by atoms with Crippen LogP contribution in [0.3, 0.4) is 0 Å². The molecule has 0 saturated carbocycles. The molecule has 12 nitrogen and oxygen atoms in total. The molecule has 1 unspecified atom stereocenters. The average Bonchev–Trinajstić information content (AvgIpc) is 3.34. The van der Waals surface area contributed by atoms with E-state index in [9.17, 15) is 37.6 Å². The summed E-state index contributed by atoms with van der Waals surface area (Å²) in [7, 11) is 0. The zero-order chi connectivity index (χ0) is 41.9. The summed E-state index contributed by atoms with van der Waals surface area (Å²) in [4.78, 5) is 62.0. The van der Waals surface area contributed by atoms with E-state index in [1.54, 1.807) is 36.9 Å². The van der Waals surface area contributed by atoms with Crippen LogP contribution in [0.25, 0.3) is 0 Å². The normalized spacial score (nSPS) is 19.0. The van der Waals surface area contributed by atoms with E-state index in [2.05, 4.69) is 20.1 Å². The number of halogens is 4. The molecule has 0 aliphatic carbocycles. The van der Waals surface area contributed by atoms with Crippen LogP contribution in [0.1, 0.15) is 61.4 Å². The van der Waals surface area contributed by atoms with E-state index in [4.69, 9.17) is 28.6 Å². The Balaban J connectivity index is 1.00. The molecule has 0 radical (unpaired) electrons. The number of anilines is 2. The molecule has 3 fully saturated rings. The number of Topliss-reactive ketones (excluding diaryl/α,β-unsaturated/α-hetero) is 1. The van der Waals surface area contributed by atoms with E-state index in [0.29, 0.717) is 75.1 Å². The fourth-order valence-corrected chi connectivity index (χ4v) is 8.38. The van der Waals surface area contributed by atoms with Crippen molar-refractivity contribution in [2.75, 3.05) is 55.7 Å². The summed E-state index contributed by atoms with van der Waals surface area (Å²) in [6, 6.07) is 11.9. The van der Waals surface area contributed by atoms with Gasteiger partial charge in [-0.15, -0.1) is 0 Å². The quantitative estimate of drug-likeness (QED) is 0.172. The number of ketones is 1. The maximum absolute atomic E-state index is 13.8. The van der Waals surface area contributed by atoms with E-state index in [0.717, 1.165) is 46.8 Å². The minimum Gasteiger partial charge on any atom is -0.476 e. The van der Waals surface area contributed by atoms with Gasteiger partial charge < -0.3 is 9.64 Å². The lowest BCUT2D eigenvalue weighted by atomic mass is 9.90. The maximum atomic E-state index is 13.8. The summed E-state index contributed by atoms with van der Waals surface area (Å²) in [6.07, 6.45) is -1.28. The number of ether oxygens (including phenoxy) is 1. The van der Waals surface area contributed by atoms with Crippen LogP contribution in [0, 0.1) is 17.2 Å². The van der Waals surface area contributed by atoms with Crippen LogP contribution in [-0.4, -0.2) is 94.8 Å². The van der Waals surface area contributed by atoms with Crippen LogP contribution in [-0.2, 0) is 44.6 Å². The lowest BCUT2D eigenvalue weighted by Crippen LogP contribution is -2.49. The summed E-state index contributed by atoms with van der Waals surface area (Å²) >= 11 is 12.0. The first-order chi connectivity index (χ1) is 27.5. The van der Waals surface area contributed by atoms with Crippen LogP contribution < -0.4 is 19.9 Å². The molecule has 1 N–H and O–H groups in total. The Morgan fingerprint density at radius 2 is 1.76 bits per heavy atom. The van der Waals surface area contributed by atoms with Crippen LogP contribution in [0.5, 0.6) is 5.88 Å². The van der Waals surface area contributed by atoms with Gasteiger partial charge in [-0.25, -0.2) is 4.98 Å². The Labute approximate surface area is 344 Å². The Bertz CT molecular complexity index is 2170. The highest BCUT2D eigenvalue weighted by Gasteiger charge is 2.51.